The van der Waals surface area contributed by atoms with Crippen molar-refractivity contribution >= 4 is 5.96 Å². The molecule has 1 aromatic carbocycles. The maximum atomic E-state index is 4.81. The third kappa shape index (κ3) is 4.96. The molecule has 4 heteroatoms. The van der Waals surface area contributed by atoms with Crippen LogP contribution in [0.1, 0.15) is 45.7 Å². The van der Waals surface area contributed by atoms with Gasteiger partial charge in [0.05, 0.1) is 6.54 Å². The summed E-state index contributed by atoms with van der Waals surface area (Å²) in [5.74, 6) is 0.910. The van der Waals surface area contributed by atoms with E-state index in [2.05, 4.69) is 74.4 Å². The minimum atomic E-state index is 0.0485. The van der Waals surface area contributed by atoms with E-state index in [0.29, 0.717) is 6.04 Å². The van der Waals surface area contributed by atoms with E-state index in [9.17, 15) is 0 Å². The Labute approximate surface area is 141 Å². The zero-order valence-corrected chi connectivity index (χ0v) is 15.3. The van der Waals surface area contributed by atoms with Gasteiger partial charge in [0.1, 0.15) is 0 Å². The molecule has 2 N–H and O–H groups in total. The van der Waals surface area contributed by atoms with Crippen molar-refractivity contribution in [1.29, 1.82) is 0 Å². The molecule has 0 saturated carbocycles. The first-order valence-corrected chi connectivity index (χ1v) is 8.79. The highest BCUT2D eigenvalue weighted by Gasteiger charge is 2.29. The van der Waals surface area contributed by atoms with E-state index in [1.807, 2.05) is 0 Å². The van der Waals surface area contributed by atoms with Crippen LogP contribution in [-0.4, -0.2) is 42.1 Å². The summed E-state index contributed by atoms with van der Waals surface area (Å²) in [5, 5.41) is 6.72. The van der Waals surface area contributed by atoms with Crippen LogP contribution in [0.5, 0.6) is 0 Å². The van der Waals surface area contributed by atoms with Crippen molar-refractivity contribution in [3.8, 4) is 0 Å². The molecule has 0 unspecified atom stereocenters. The Morgan fingerprint density at radius 1 is 1.26 bits per heavy atom. The van der Waals surface area contributed by atoms with Crippen LogP contribution in [0.3, 0.4) is 0 Å². The van der Waals surface area contributed by atoms with Gasteiger partial charge in [-0.2, -0.15) is 0 Å². The van der Waals surface area contributed by atoms with Crippen molar-refractivity contribution in [2.45, 2.75) is 59.2 Å². The molecule has 0 aliphatic carbocycles. The Kier molecular flexibility index (Phi) is 6.05. The molecule has 4 nitrogen and oxygen atoms in total. The van der Waals surface area contributed by atoms with E-state index in [0.717, 1.165) is 38.6 Å². The predicted molar refractivity (Wildman–Crippen MR) is 98.9 cm³/mol. The van der Waals surface area contributed by atoms with Crippen LogP contribution in [-0.2, 0) is 13.0 Å². The SMILES string of the molecule is CCNC(=NCC(C)(C)N1CCc2ccccc2C1)NC(C)C. The number of nitrogens with zero attached hydrogens (tertiary/aromatic N) is 2. The highest BCUT2D eigenvalue weighted by Crippen LogP contribution is 2.25. The fraction of sp³-hybridized carbons (Fsp3) is 0.632. The average molecular weight is 316 g/mol. The quantitative estimate of drug-likeness (QED) is 0.648. The zero-order valence-electron chi connectivity index (χ0n) is 15.3. The third-order valence-electron chi connectivity index (χ3n) is 4.38. The van der Waals surface area contributed by atoms with Gasteiger partial charge in [-0.3, -0.25) is 9.89 Å². The summed E-state index contributed by atoms with van der Waals surface area (Å²) in [5.41, 5.74) is 3.01. The van der Waals surface area contributed by atoms with Crippen LogP contribution in [0.2, 0.25) is 0 Å². The summed E-state index contributed by atoms with van der Waals surface area (Å²) in [6.45, 7) is 14.8. The maximum absolute atomic E-state index is 4.81. The molecule has 1 heterocycles. The molecule has 1 aliphatic heterocycles. The first kappa shape index (κ1) is 17.8. The highest BCUT2D eigenvalue weighted by atomic mass is 15.2. The van der Waals surface area contributed by atoms with Gasteiger partial charge in [0.2, 0.25) is 0 Å². The summed E-state index contributed by atoms with van der Waals surface area (Å²) in [6.07, 6.45) is 1.13. The van der Waals surface area contributed by atoms with Gasteiger partial charge in [-0.15, -0.1) is 0 Å². The number of fused-ring (bicyclic) bond motifs is 1. The van der Waals surface area contributed by atoms with E-state index in [1.165, 1.54) is 11.1 Å². The standard InChI is InChI=1S/C19H32N4/c1-6-20-18(22-15(2)3)21-14-19(4,5)23-12-11-16-9-7-8-10-17(16)13-23/h7-10,15H,6,11-14H2,1-5H3,(H2,20,21,22). The Balaban J connectivity index is 2.03. The fourth-order valence-electron chi connectivity index (χ4n) is 2.98. The maximum Gasteiger partial charge on any atom is 0.191 e. The van der Waals surface area contributed by atoms with Gasteiger partial charge in [-0.25, -0.2) is 0 Å². The van der Waals surface area contributed by atoms with Gasteiger partial charge in [-0.1, -0.05) is 24.3 Å². The smallest absolute Gasteiger partial charge is 0.191 e. The lowest BCUT2D eigenvalue weighted by Gasteiger charge is -2.40. The molecule has 1 aromatic rings. The van der Waals surface area contributed by atoms with E-state index < -0.39 is 0 Å². The molecule has 0 atom stereocenters. The second-order valence-electron chi connectivity index (χ2n) is 7.25. The fourth-order valence-corrected chi connectivity index (χ4v) is 2.98. The van der Waals surface area contributed by atoms with Crippen molar-refractivity contribution in [3.63, 3.8) is 0 Å². The minimum absolute atomic E-state index is 0.0485. The van der Waals surface area contributed by atoms with Crippen LogP contribution in [0.15, 0.2) is 29.3 Å². The van der Waals surface area contributed by atoms with Gasteiger partial charge < -0.3 is 10.6 Å². The van der Waals surface area contributed by atoms with Crippen LogP contribution >= 0.6 is 0 Å². The van der Waals surface area contributed by atoms with Crippen LogP contribution < -0.4 is 10.6 Å². The number of hydrogen-bond acceptors (Lipinski definition) is 2. The molecule has 0 fully saturated rings. The molecule has 128 valence electrons. The number of hydrogen-bond donors (Lipinski definition) is 2. The molecular weight excluding hydrogens is 284 g/mol. The van der Waals surface area contributed by atoms with E-state index >= 15 is 0 Å². The van der Waals surface area contributed by atoms with Gasteiger partial charge in [0.15, 0.2) is 5.96 Å². The number of aliphatic imine (C=N–C) groups is 1. The van der Waals surface area contributed by atoms with Crippen LogP contribution in [0.25, 0.3) is 0 Å². The second kappa shape index (κ2) is 7.82. The summed E-state index contributed by atoms with van der Waals surface area (Å²) in [7, 11) is 0. The zero-order chi connectivity index (χ0) is 16.9. The first-order valence-electron chi connectivity index (χ1n) is 8.79. The molecule has 0 saturated heterocycles. The molecule has 0 amide bonds. The lowest BCUT2D eigenvalue weighted by molar-refractivity contribution is 0.111. The number of benzene rings is 1. The average Bonchev–Trinajstić information content (AvgIpc) is 2.52. The predicted octanol–water partition coefficient (Wildman–Crippen LogP) is 2.79. The van der Waals surface area contributed by atoms with Crippen LogP contribution in [0, 0.1) is 0 Å². The topological polar surface area (TPSA) is 39.7 Å². The molecule has 1 aliphatic rings. The van der Waals surface area contributed by atoms with Crippen molar-refractivity contribution in [2.24, 2.45) is 4.99 Å². The van der Waals surface area contributed by atoms with Gasteiger partial charge in [0.25, 0.3) is 0 Å². The normalized spacial score (nSPS) is 16.3. The monoisotopic (exact) mass is 316 g/mol. The Morgan fingerprint density at radius 3 is 2.61 bits per heavy atom. The molecule has 23 heavy (non-hydrogen) atoms. The Morgan fingerprint density at radius 2 is 1.96 bits per heavy atom. The van der Waals surface area contributed by atoms with Crippen molar-refractivity contribution in [2.75, 3.05) is 19.6 Å². The lowest BCUT2D eigenvalue weighted by Crippen LogP contribution is -2.49. The number of rotatable bonds is 5. The van der Waals surface area contributed by atoms with Crippen molar-refractivity contribution < 1.29 is 0 Å². The van der Waals surface area contributed by atoms with Crippen molar-refractivity contribution in [3.05, 3.63) is 35.4 Å². The summed E-state index contributed by atoms with van der Waals surface area (Å²) in [6, 6.07) is 9.18. The minimum Gasteiger partial charge on any atom is -0.357 e. The van der Waals surface area contributed by atoms with Crippen LogP contribution in [0.4, 0.5) is 0 Å². The van der Waals surface area contributed by atoms with E-state index in [4.69, 9.17) is 4.99 Å². The van der Waals surface area contributed by atoms with E-state index in [1.54, 1.807) is 0 Å². The second-order valence-corrected chi connectivity index (χ2v) is 7.25. The number of nitrogens with one attached hydrogen (secondary N) is 2. The van der Waals surface area contributed by atoms with Gasteiger partial charge in [0, 0.05) is 31.2 Å². The Hall–Kier alpha value is -1.55. The Bertz CT molecular complexity index is 534. The molecule has 0 aromatic heterocycles. The van der Waals surface area contributed by atoms with Crippen molar-refractivity contribution in [1.82, 2.24) is 15.5 Å². The number of guanidine groups is 1. The first-order chi connectivity index (χ1) is 10.9. The lowest BCUT2D eigenvalue weighted by atomic mass is 9.94. The molecule has 0 radical (unpaired) electrons. The molecule has 0 spiro atoms. The van der Waals surface area contributed by atoms with E-state index in [-0.39, 0.29) is 5.54 Å². The van der Waals surface area contributed by atoms with Gasteiger partial charge >= 0.3 is 0 Å². The third-order valence-corrected chi connectivity index (χ3v) is 4.38. The summed E-state index contributed by atoms with van der Waals surface area (Å²) in [4.78, 5) is 7.36. The largest absolute Gasteiger partial charge is 0.357 e. The molecule has 0 bridgehead atoms. The molecule has 2 rings (SSSR count). The summed E-state index contributed by atoms with van der Waals surface area (Å²) < 4.78 is 0. The molecular formula is C19H32N4. The van der Waals surface area contributed by atoms with Gasteiger partial charge in [-0.05, 0) is 52.2 Å². The highest BCUT2D eigenvalue weighted by molar-refractivity contribution is 5.80. The summed E-state index contributed by atoms with van der Waals surface area (Å²) >= 11 is 0.